The number of ether oxygens (including phenoxy) is 2. The summed E-state index contributed by atoms with van der Waals surface area (Å²) in [7, 11) is -1.60. The molecule has 7 atom stereocenters. The Labute approximate surface area is 194 Å². The summed E-state index contributed by atoms with van der Waals surface area (Å²) < 4.78 is 18.1. The molecule has 32 heavy (non-hydrogen) atoms. The van der Waals surface area contributed by atoms with Crippen LogP contribution >= 0.6 is 0 Å². The van der Waals surface area contributed by atoms with E-state index in [-0.39, 0.29) is 28.9 Å². The van der Waals surface area contributed by atoms with Gasteiger partial charge in [-0.15, -0.1) is 0 Å². The van der Waals surface area contributed by atoms with E-state index >= 15 is 0 Å². The molecule has 0 amide bonds. The van der Waals surface area contributed by atoms with Crippen LogP contribution < -0.4 is 0 Å². The Bertz CT molecular complexity index is 786. The third-order valence-corrected chi connectivity index (χ3v) is 10.1. The molecule has 0 radical (unpaired) electrons. The van der Waals surface area contributed by atoms with E-state index in [2.05, 4.69) is 32.6 Å². The highest BCUT2D eigenvalue weighted by atomic mass is 28.4. The molecular formula is C26H42O5Si. The molecule has 5 nitrogen and oxygen atoms in total. The van der Waals surface area contributed by atoms with Gasteiger partial charge < -0.3 is 13.9 Å². The highest BCUT2D eigenvalue weighted by Crippen LogP contribution is 2.65. The highest BCUT2D eigenvalue weighted by Gasteiger charge is 2.61. The van der Waals surface area contributed by atoms with E-state index in [4.69, 9.17) is 13.9 Å². The minimum atomic E-state index is -1.60. The quantitative estimate of drug-likeness (QED) is 0.300. The number of hydrogen-bond donors (Lipinski definition) is 0. The van der Waals surface area contributed by atoms with E-state index in [0.29, 0.717) is 30.5 Å². The molecule has 0 aromatic rings. The fourth-order valence-corrected chi connectivity index (χ4v) is 9.07. The Morgan fingerprint density at radius 2 is 1.78 bits per heavy atom. The summed E-state index contributed by atoms with van der Waals surface area (Å²) in [6.45, 7) is 12.7. The summed E-state index contributed by atoms with van der Waals surface area (Å²) in [6, 6.07) is 0. The highest BCUT2D eigenvalue weighted by molar-refractivity contribution is 6.69. The number of carbonyl (C=O) groups is 2. The minimum Gasteiger partial charge on any atom is -0.465 e. The summed E-state index contributed by atoms with van der Waals surface area (Å²) >= 11 is 0. The molecule has 4 rings (SSSR count). The molecule has 0 spiro atoms. The van der Waals surface area contributed by atoms with E-state index in [0.717, 1.165) is 51.4 Å². The van der Waals surface area contributed by atoms with Gasteiger partial charge >= 0.3 is 11.9 Å². The molecule has 180 valence electrons. The second-order valence-electron chi connectivity index (χ2n) is 12.1. The lowest BCUT2D eigenvalue weighted by Gasteiger charge is -2.58. The lowest BCUT2D eigenvalue weighted by molar-refractivity contribution is -0.159. The fraction of sp³-hybridized carbons (Fsp3) is 0.846. The van der Waals surface area contributed by atoms with Gasteiger partial charge in [0.25, 0.3) is 0 Å². The van der Waals surface area contributed by atoms with Crippen LogP contribution in [0.1, 0.15) is 72.1 Å². The van der Waals surface area contributed by atoms with Crippen LogP contribution in [0.4, 0.5) is 0 Å². The van der Waals surface area contributed by atoms with Crippen molar-refractivity contribution < 1.29 is 23.5 Å². The zero-order valence-electron chi connectivity index (χ0n) is 20.9. The second-order valence-corrected chi connectivity index (χ2v) is 16.6. The van der Waals surface area contributed by atoms with Crippen molar-refractivity contribution in [2.24, 2.45) is 28.6 Å². The van der Waals surface area contributed by atoms with Crippen LogP contribution in [0.15, 0.2) is 11.6 Å². The number of fused-ring (bicyclic) bond motifs is 5. The summed E-state index contributed by atoms with van der Waals surface area (Å²) in [6.07, 6.45) is 11.3. The normalized spacial score (nSPS) is 41.1. The smallest absolute Gasteiger partial charge is 0.302 e. The van der Waals surface area contributed by atoms with E-state index in [1.807, 2.05) is 0 Å². The number of rotatable bonds is 5. The van der Waals surface area contributed by atoms with Crippen LogP contribution in [0.25, 0.3) is 0 Å². The van der Waals surface area contributed by atoms with Crippen LogP contribution in [-0.2, 0) is 23.5 Å². The largest absolute Gasteiger partial charge is 0.465 e. The Balaban J connectivity index is 1.61. The van der Waals surface area contributed by atoms with Gasteiger partial charge in [0.2, 0.25) is 0 Å². The molecule has 0 aromatic carbocycles. The molecule has 0 aliphatic heterocycles. The molecule has 0 saturated heterocycles. The zero-order chi connectivity index (χ0) is 23.3. The van der Waals surface area contributed by atoms with Crippen molar-refractivity contribution >= 4 is 20.3 Å². The fourth-order valence-electron chi connectivity index (χ4n) is 7.87. The van der Waals surface area contributed by atoms with Crippen molar-refractivity contribution in [3.05, 3.63) is 11.6 Å². The Kier molecular flexibility index (Phi) is 6.43. The molecule has 0 unspecified atom stereocenters. The van der Waals surface area contributed by atoms with Crippen molar-refractivity contribution in [2.45, 2.75) is 104 Å². The summed E-state index contributed by atoms with van der Waals surface area (Å²) in [4.78, 5) is 23.6. The van der Waals surface area contributed by atoms with Crippen LogP contribution in [0.5, 0.6) is 0 Å². The summed E-state index contributed by atoms with van der Waals surface area (Å²) in [5.41, 5.74) is 1.50. The van der Waals surface area contributed by atoms with Crippen molar-refractivity contribution in [3.8, 4) is 0 Å². The number of esters is 2. The molecule has 0 aromatic heterocycles. The summed E-state index contributed by atoms with van der Waals surface area (Å²) in [5.74, 6) is 1.33. The third kappa shape index (κ3) is 4.34. The first-order valence-corrected chi connectivity index (χ1v) is 16.0. The standard InChI is InChI=1S/C26H42O5Si/c1-17(27)29-16-26-14-11-20(31-32(4,5)6)15-19(26)7-8-21-22-9-10-24(30-18(2)28)25(22,3)13-12-23(21)26/h7,20-24H,8-16H2,1-6H3/t20-,21-,22-,23-,24-,25-,26+/m0/s1. The topological polar surface area (TPSA) is 61.8 Å². The van der Waals surface area contributed by atoms with E-state index < -0.39 is 8.32 Å². The maximum Gasteiger partial charge on any atom is 0.302 e. The second kappa shape index (κ2) is 8.57. The Morgan fingerprint density at radius 3 is 2.44 bits per heavy atom. The van der Waals surface area contributed by atoms with Gasteiger partial charge in [-0.2, -0.15) is 0 Å². The SMILES string of the molecule is CC(=O)OC[C@]12CC[C@H](O[Si](C)(C)C)CC1=CC[C@@H]1[C@@H]2CC[C@]2(C)[C@@H](OC(C)=O)CC[C@@H]12. The molecule has 3 saturated carbocycles. The van der Waals surface area contributed by atoms with Crippen LogP contribution in [-0.4, -0.2) is 39.1 Å². The molecule has 3 fully saturated rings. The van der Waals surface area contributed by atoms with Gasteiger partial charge in [0.05, 0.1) is 0 Å². The number of allylic oxidation sites excluding steroid dienone is 1. The molecule has 6 heteroatoms. The maximum absolute atomic E-state index is 11.8. The van der Waals surface area contributed by atoms with E-state index in [1.54, 1.807) is 0 Å². The first-order chi connectivity index (χ1) is 14.9. The Morgan fingerprint density at radius 1 is 1.03 bits per heavy atom. The van der Waals surface area contributed by atoms with E-state index in [9.17, 15) is 9.59 Å². The van der Waals surface area contributed by atoms with Crippen LogP contribution in [0.3, 0.4) is 0 Å². The summed E-state index contributed by atoms with van der Waals surface area (Å²) in [5, 5.41) is 0. The van der Waals surface area contributed by atoms with Crippen molar-refractivity contribution in [2.75, 3.05) is 6.61 Å². The van der Waals surface area contributed by atoms with Gasteiger partial charge in [-0.25, -0.2) is 0 Å². The molecule has 0 N–H and O–H groups in total. The Hall–Kier alpha value is -1.14. The van der Waals surface area contributed by atoms with Crippen molar-refractivity contribution in [3.63, 3.8) is 0 Å². The average molecular weight is 463 g/mol. The van der Waals surface area contributed by atoms with Crippen molar-refractivity contribution in [1.82, 2.24) is 0 Å². The first kappa shape index (κ1) is 24.0. The lowest BCUT2D eigenvalue weighted by Crippen LogP contribution is -2.54. The maximum atomic E-state index is 11.8. The monoisotopic (exact) mass is 462 g/mol. The molecule has 0 bridgehead atoms. The number of hydrogen-bond acceptors (Lipinski definition) is 5. The van der Waals surface area contributed by atoms with Gasteiger partial charge in [0.15, 0.2) is 8.32 Å². The van der Waals surface area contributed by atoms with Gasteiger partial charge in [-0.1, -0.05) is 18.6 Å². The van der Waals surface area contributed by atoms with Gasteiger partial charge in [0, 0.05) is 30.8 Å². The van der Waals surface area contributed by atoms with Crippen LogP contribution in [0, 0.1) is 28.6 Å². The predicted molar refractivity (Wildman–Crippen MR) is 126 cm³/mol. The lowest BCUT2D eigenvalue weighted by atomic mass is 9.47. The molecular weight excluding hydrogens is 420 g/mol. The molecule has 0 heterocycles. The van der Waals surface area contributed by atoms with E-state index in [1.165, 1.54) is 19.4 Å². The van der Waals surface area contributed by atoms with Gasteiger partial charge in [-0.05, 0) is 88.8 Å². The molecule has 4 aliphatic carbocycles. The number of carbonyl (C=O) groups excluding carboxylic acids is 2. The van der Waals surface area contributed by atoms with Gasteiger partial charge in [0.1, 0.15) is 12.7 Å². The average Bonchev–Trinajstić information content (AvgIpc) is 3.01. The van der Waals surface area contributed by atoms with Crippen LogP contribution in [0.2, 0.25) is 19.6 Å². The third-order valence-electron chi connectivity index (χ3n) is 9.06. The first-order valence-electron chi connectivity index (χ1n) is 12.6. The van der Waals surface area contributed by atoms with Gasteiger partial charge in [-0.3, -0.25) is 9.59 Å². The zero-order valence-corrected chi connectivity index (χ0v) is 21.9. The van der Waals surface area contributed by atoms with Crippen molar-refractivity contribution in [1.29, 1.82) is 0 Å². The molecule has 4 aliphatic rings. The minimum absolute atomic E-state index is 0.0432. The predicted octanol–water partition coefficient (Wildman–Crippen LogP) is 5.64.